The third-order valence-electron chi connectivity index (χ3n) is 4.10. The van der Waals surface area contributed by atoms with Crippen LogP contribution in [0.1, 0.15) is 32.6 Å². The maximum Gasteiger partial charge on any atom is 0.161 e. The van der Waals surface area contributed by atoms with Gasteiger partial charge in [-0.25, -0.2) is 0 Å². The fourth-order valence-corrected chi connectivity index (χ4v) is 4.19. The molecule has 1 aromatic rings. The van der Waals surface area contributed by atoms with Crippen molar-refractivity contribution in [1.29, 1.82) is 0 Å². The molecule has 1 aromatic carbocycles. The molecule has 1 N–H and O–H groups in total. The fourth-order valence-electron chi connectivity index (χ4n) is 2.79. The summed E-state index contributed by atoms with van der Waals surface area (Å²) >= 11 is 7.85. The van der Waals surface area contributed by atoms with E-state index in [-0.39, 0.29) is 5.54 Å². The molecule has 0 bridgehead atoms. The van der Waals surface area contributed by atoms with Gasteiger partial charge in [0, 0.05) is 16.5 Å². The van der Waals surface area contributed by atoms with Crippen LogP contribution in [0.3, 0.4) is 0 Å². The van der Waals surface area contributed by atoms with Crippen molar-refractivity contribution in [2.75, 3.05) is 11.1 Å². The molecule has 2 aliphatic rings. The van der Waals surface area contributed by atoms with E-state index in [1.165, 1.54) is 25.7 Å². The Balaban J connectivity index is 1.70. The lowest BCUT2D eigenvalue weighted by molar-refractivity contribution is 0.273. The second-order valence-electron chi connectivity index (χ2n) is 5.75. The Morgan fingerprint density at radius 2 is 2.16 bits per heavy atom. The first-order valence-electron chi connectivity index (χ1n) is 6.90. The molecule has 19 heavy (non-hydrogen) atoms. The molecule has 4 heteroatoms. The number of aliphatic imine (C=N–C) groups is 1. The second-order valence-corrected chi connectivity index (χ2v) is 7.15. The number of thioether (sulfide) groups is 1. The van der Waals surface area contributed by atoms with Crippen molar-refractivity contribution in [2.45, 2.75) is 38.1 Å². The van der Waals surface area contributed by atoms with E-state index in [1.54, 1.807) is 0 Å². The lowest BCUT2D eigenvalue weighted by atomic mass is 9.79. The number of halogens is 1. The number of nitrogens with zero attached hydrogens (tertiary/aromatic N) is 1. The van der Waals surface area contributed by atoms with Crippen LogP contribution in [-0.4, -0.2) is 16.5 Å². The molecule has 3 rings (SSSR count). The van der Waals surface area contributed by atoms with Crippen LogP contribution in [-0.2, 0) is 0 Å². The zero-order valence-electron chi connectivity index (χ0n) is 11.2. The van der Waals surface area contributed by atoms with Crippen molar-refractivity contribution >= 4 is 34.2 Å². The van der Waals surface area contributed by atoms with Crippen molar-refractivity contribution in [3.63, 3.8) is 0 Å². The van der Waals surface area contributed by atoms with Crippen molar-refractivity contribution in [2.24, 2.45) is 10.9 Å². The molecular weight excluding hydrogens is 276 g/mol. The van der Waals surface area contributed by atoms with Gasteiger partial charge in [-0.15, -0.1) is 0 Å². The van der Waals surface area contributed by atoms with Gasteiger partial charge in [-0.05, 0) is 49.8 Å². The van der Waals surface area contributed by atoms with E-state index < -0.39 is 0 Å². The molecule has 1 aliphatic heterocycles. The van der Waals surface area contributed by atoms with Gasteiger partial charge in [-0.3, -0.25) is 4.99 Å². The molecule has 1 saturated carbocycles. The van der Waals surface area contributed by atoms with Gasteiger partial charge < -0.3 is 5.32 Å². The molecular formula is C15H19ClN2S. The Hall–Kier alpha value is -0.670. The van der Waals surface area contributed by atoms with Gasteiger partial charge in [0.15, 0.2) is 5.17 Å². The molecule has 0 amide bonds. The van der Waals surface area contributed by atoms with Gasteiger partial charge in [0.2, 0.25) is 0 Å². The van der Waals surface area contributed by atoms with Crippen LogP contribution in [0.25, 0.3) is 0 Å². The molecule has 0 aromatic heterocycles. The summed E-state index contributed by atoms with van der Waals surface area (Å²) in [4.78, 5) is 4.96. The Bertz CT molecular complexity index is 493. The molecule has 0 atom stereocenters. The van der Waals surface area contributed by atoms with Crippen LogP contribution < -0.4 is 5.32 Å². The minimum Gasteiger partial charge on any atom is -0.335 e. The molecule has 2 nitrogen and oxygen atoms in total. The predicted molar refractivity (Wildman–Crippen MR) is 85.3 cm³/mol. The van der Waals surface area contributed by atoms with Gasteiger partial charge in [-0.1, -0.05) is 36.4 Å². The van der Waals surface area contributed by atoms with Crippen LogP contribution in [0.15, 0.2) is 29.3 Å². The first-order valence-corrected chi connectivity index (χ1v) is 8.27. The van der Waals surface area contributed by atoms with Crippen LogP contribution in [0.5, 0.6) is 0 Å². The third kappa shape index (κ3) is 3.09. The largest absolute Gasteiger partial charge is 0.335 e. The van der Waals surface area contributed by atoms with Gasteiger partial charge in [0.25, 0.3) is 0 Å². The summed E-state index contributed by atoms with van der Waals surface area (Å²) < 4.78 is 0. The zero-order valence-corrected chi connectivity index (χ0v) is 12.7. The molecule has 1 fully saturated rings. The lowest BCUT2D eigenvalue weighted by Gasteiger charge is -2.32. The number of rotatable bonds is 1. The maximum absolute atomic E-state index is 6.00. The highest BCUT2D eigenvalue weighted by Crippen LogP contribution is 2.41. The fraction of sp³-hybridized carbons (Fsp3) is 0.533. The SMILES string of the molecule is CC1CCC2(CC1)CSC(Nc1cccc(Cl)c1)=N2. The maximum atomic E-state index is 6.00. The summed E-state index contributed by atoms with van der Waals surface area (Å²) in [7, 11) is 0. The van der Waals surface area contributed by atoms with E-state index in [2.05, 4.69) is 12.2 Å². The number of benzene rings is 1. The highest BCUT2D eigenvalue weighted by Gasteiger charge is 2.38. The predicted octanol–water partition coefficient (Wildman–Crippen LogP) is 4.80. The molecule has 102 valence electrons. The number of hydrogen-bond acceptors (Lipinski definition) is 3. The number of hydrogen-bond donors (Lipinski definition) is 1. The Morgan fingerprint density at radius 3 is 2.89 bits per heavy atom. The molecule has 0 unspecified atom stereocenters. The van der Waals surface area contributed by atoms with E-state index in [0.29, 0.717) is 0 Å². The minimum absolute atomic E-state index is 0.206. The Morgan fingerprint density at radius 1 is 1.37 bits per heavy atom. The standard InChI is InChI=1S/C15H19ClN2S/c1-11-5-7-15(8-6-11)10-19-14(18-15)17-13-4-2-3-12(16)9-13/h2-4,9,11H,5-8,10H2,1H3,(H,17,18). The Labute approximate surface area is 124 Å². The van der Waals surface area contributed by atoms with Crippen LogP contribution in [0.4, 0.5) is 5.69 Å². The highest BCUT2D eigenvalue weighted by molar-refractivity contribution is 8.14. The summed E-state index contributed by atoms with van der Waals surface area (Å²) in [5.41, 5.74) is 1.23. The molecule has 1 spiro atoms. The summed E-state index contributed by atoms with van der Waals surface area (Å²) in [6.45, 7) is 2.35. The summed E-state index contributed by atoms with van der Waals surface area (Å²) in [6.07, 6.45) is 5.10. The number of amidine groups is 1. The quantitative estimate of drug-likeness (QED) is 0.804. The first-order chi connectivity index (χ1) is 9.15. The number of nitrogens with one attached hydrogen (secondary N) is 1. The van der Waals surface area contributed by atoms with Crippen molar-refractivity contribution < 1.29 is 0 Å². The molecule has 0 radical (unpaired) electrons. The van der Waals surface area contributed by atoms with Crippen molar-refractivity contribution in [1.82, 2.24) is 0 Å². The third-order valence-corrected chi connectivity index (χ3v) is 5.48. The van der Waals surface area contributed by atoms with Gasteiger partial charge in [-0.2, -0.15) is 0 Å². The van der Waals surface area contributed by atoms with Crippen molar-refractivity contribution in [3.8, 4) is 0 Å². The van der Waals surface area contributed by atoms with E-state index in [4.69, 9.17) is 16.6 Å². The second kappa shape index (κ2) is 5.37. The van der Waals surface area contributed by atoms with Crippen molar-refractivity contribution in [3.05, 3.63) is 29.3 Å². The van der Waals surface area contributed by atoms with E-state index >= 15 is 0 Å². The lowest BCUT2D eigenvalue weighted by Crippen LogP contribution is -2.32. The molecule has 1 aliphatic carbocycles. The van der Waals surface area contributed by atoms with Crippen LogP contribution in [0.2, 0.25) is 5.02 Å². The molecule has 1 heterocycles. The topological polar surface area (TPSA) is 24.4 Å². The van der Waals surface area contributed by atoms with Crippen LogP contribution in [0, 0.1) is 5.92 Å². The van der Waals surface area contributed by atoms with E-state index in [0.717, 1.165) is 27.5 Å². The monoisotopic (exact) mass is 294 g/mol. The van der Waals surface area contributed by atoms with E-state index in [1.807, 2.05) is 36.0 Å². The van der Waals surface area contributed by atoms with Crippen LogP contribution >= 0.6 is 23.4 Å². The van der Waals surface area contributed by atoms with Gasteiger partial charge >= 0.3 is 0 Å². The zero-order chi connectivity index (χ0) is 13.3. The first kappa shape index (κ1) is 13.3. The smallest absolute Gasteiger partial charge is 0.161 e. The summed E-state index contributed by atoms with van der Waals surface area (Å²) in [5.74, 6) is 2.00. The summed E-state index contributed by atoms with van der Waals surface area (Å²) in [6, 6.07) is 7.82. The van der Waals surface area contributed by atoms with Gasteiger partial charge in [0.1, 0.15) is 0 Å². The average Bonchev–Trinajstić information content (AvgIpc) is 2.77. The molecule has 0 saturated heterocycles. The number of anilines is 1. The highest BCUT2D eigenvalue weighted by atomic mass is 35.5. The normalized spacial score (nSPS) is 30.4. The minimum atomic E-state index is 0.206. The van der Waals surface area contributed by atoms with E-state index in [9.17, 15) is 0 Å². The average molecular weight is 295 g/mol. The van der Waals surface area contributed by atoms with Gasteiger partial charge in [0.05, 0.1) is 5.54 Å². The Kier molecular flexibility index (Phi) is 3.77. The summed E-state index contributed by atoms with van der Waals surface area (Å²) in [5, 5.41) is 5.20.